The van der Waals surface area contributed by atoms with Gasteiger partial charge < -0.3 is 9.73 Å². The number of hydrogen-bond donors (Lipinski definition) is 1. The molecule has 0 aliphatic rings. The van der Waals surface area contributed by atoms with E-state index in [1.807, 2.05) is 48.7 Å². The minimum absolute atomic E-state index is 0.0441. The average molecular weight is 389 g/mol. The SMILES string of the molecule is Cc1ccc(-c2nc(C[S@@](=O)CC(=O)NCc3cccs3)c(C)o2)cc1. The van der Waals surface area contributed by atoms with Crippen molar-refractivity contribution in [1.82, 2.24) is 10.3 Å². The largest absolute Gasteiger partial charge is 0.441 e. The van der Waals surface area contributed by atoms with Crippen molar-refractivity contribution in [2.75, 3.05) is 5.75 Å². The van der Waals surface area contributed by atoms with Crippen LogP contribution in [0.25, 0.3) is 11.5 Å². The number of nitrogens with one attached hydrogen (secondary N) is 1. The fourth-order valence-electron chi connectivity index (χ4n) is 2.38. The molecule has 7 heteroatoms. The molecule has 0 saturated heterocycles. The van der Waals surface area contributed by atoms with Crippen molar-refractivity contribution in [3.05, 3.63) is 63.7 Å². The van der Waals surface area contributed by atoms with Crippen LogP contribution in [0.3, 0.4) is 0 Å². The highest BCUT2D eigenvalue weighted by Crippen LogP contribution is 2.22. The summed E-state index contributed by atoms with van der Waals surface area (Å²) < 4.78 is 18.0. The molecule has 0 aliphatic heterocycles. The molecular formula is C19H20N2O3S2. The van der Waals surface area contributed by atoms with Crippen molar-refractivity contribution in [2.24, 2.45) is 0 Å². The molecule has 1 N–H and O–H groups in total. The standard InChI is InChI=1S/C19H20N2O3S2/c1-13-5-7-15(8-6-13)19-21-17(14(2)24-19)11-26(23)12-18(22)20-10-16-4-3-9-25-16/h3-9H,10-12H2,1-2H3,(H,20,22)/t26-/m1/s1. The smallest absolute Gasteiger partial charge is 0.232 e. The maximum atomic E-state index is 12.3. The van der Waals surface area contributed by atoms with Gasteiger partial charge in [-0.2, -0.15) is 0 Å². The summed E-state index contributed by atoms with van der Waals surface area (Å²) in [6.07, 6.45) is 0. The molecule has 26 heavy (non-hydrogen) atoms. The molecule has 2 heterocycles. The van der Waals surface area contributed by atoms with E-state index in [4.69, 9.17) is 4.42 Å². The zero-order valence-corrected chi connectivity index (χ0v) is 16.3. The van der Waals surface area contributed by atoms with Crippen LogP contribution in [0.1, 0.15) is 21.9 Å². The van der Waals surface area contributed by atoms with Crippen molar-refractivity contribution < 1.29 is 13.4 Å². The lowest BCUT2D eigenvalue weighted by Gasteiger charge is -2.03. The molecule has 1 amide bonds. The van der Waals surface area contributed by atoms with Crippen LogP contribution in [0, 0.1) is 13.8 Å². The highest BCUT2D eigenvalue weighted by Gasteiger charge is 2.16. The first-order valence-corrected chi connectivity index (χ1v) is 10.6. The van der Waals surface area contributed by atoms with E-state index in [0.717, 1.165) is 16.0 Å². The summed E-state index contributed by atoms with van der Waals surface area (Å²) in [7, 11) is -1.34. The highest BCUT2D eigenvalue weighted by atomic mass is 32.2. The van der Waals surface area contributed by atoms with E-state index in [2.05, 4.69) is 10.3 Å². The molecular weight excluding hydrogens is 368 g/mol. The van der Waals surface area contributed by atoms with Gasteiger partial charge in [0.15, 0.2) is 0 Å². The van der Waals surface area contributed by atoms with Crippen molar-refractivity contribution >= 4 is 28.0 Å². The number of benzene rings is 1. The topological polar surface area (TPSA) is 72.2 Å². The van der Waals surface area contributed by atoms with Crippen LogP contribution in [0.4, 0.5) is 0 Å². The summed E-state index contributed by atoms with van der Waals surface area (Å²) in [6, 6.07) is 11.8. The summed E-state index contributed by atoms with van der Waals surface area (Å²) in [6.45, 7) is 4.28. The van der Waals surface area contributed by atoms with Gasteiger partial charge in [0.05, 0.1) is 18.0 Å². The van der Waals surface area contributed by atoms with Crippen molar-refractivity contribution in [3.63, 3.8) is 0 Å². The van der Waals surface area contributed by atoms with Crippen molar-refractivity contribution in [3.8, 4) is 11.5 Å². The van der Waals surface area contributed by atoms with Crippen LogP contribution >= 0.6 is 11.3 Å². The minimum atomic E-state index is -1.34. The first kappa shape index (κ1) is 18.5. The van der Waals surface area contributed by atoms with Gasteiger partial charge in [0.1, 0.15) is 11.5 Å². The van der Waals surface area contributed by atoms with E-state index in [-0.39, 0.29) is 17.4 Å². The summed E-state index contributed by atoms with van der Waals surface area (Å²) in [4.78, 5) is 17.5. The Morgan fingerprint density at radius 2 is 2.00 bits per heavy atom. The molecule has 1 atom stereocenters. The van der Waals surface area contributed by atoms with Crippen LogP contribution in [0.2, 0.25) is 0 Å². The van der Waals surface area contributed by atoms with Gasteiger partial charge in [0.2, 0.25) is 11.8 Å². The number of amides is 1. The molecule has 1 aromatic carbocycles. The van der Waals surface area contributed by atoms with Gasteiger partial charge in [-0.1, -0.05) is 23.8 Å². The number of carbonyl (C=O) groups is 1. The molecule has 2 aromatic heterocycles. The van der Waals surface area contributed by atoms with E-state index in [9.17, 15) is 9.00 Å². The first-order chi connectivity index (χ1) is 12.5. The van der Waals surface area contributed by atoms with Gasteiger partial charge in [-0.15, -0.1) is 11.3 Å². The Bertz CT molecular complexity index is 900. The molecule has 3 rings (SSSR count). The first-order valence-electron chi connectivity index (χ1n) is 8.18. The lowest BCUT2D eigenvalue weighted by molar-refractivity contribution is -0.118. The quantitative estimate of drug-likeness (QED) is 0.671. The molecule has 0 unspecified atom stereocenters. The van der Waals surface area contributed by atoms with E-state index >= 15 is 0 Å². The molecule has 3 aromatic rings. The van der Waals surface area contributed by atoms with Crippen LogP contribution in [-0.2, 0) is 27.9 Å². The number of aromatic nitrogens is 1. The Hall–Kier alpha value is -2.25. The van der Waals surface area contributed by atoms with Gasteiger partial charge in [-0.05, 0) is 37.4 Å². The number of rotatable bonds is 7. The van der Waals surface area contributed by atoms with Gasteiger partial charge in [-0.25, -0.2) is 4.98 Å². The summed E-state index contributed by atoms with van der Waals surface area (Å²) >= 11 is 1.58. The third kappa shape index (κ3) is 4.89. The normalized spacial score (nSPS) is 12.1. The predicted octanol–water partition coefficient (Wildman–Crippen LogP) is 3.59. The zero-order chi connectivity index (χ0) is 18.5. The average Bonchev–Trinajstić information content (AvgIpc) is 3.24. The fraction of sp³-hybridized carbons (Fsp3) is 0.263. The summed E-state index contributed by atoms with van der Waals surface area (Å²) in [5.74, 6) is 1.08. The molecule has 0 fully saturated rings. The van der Waals surface area contributed by atoms with Crippen molar-refractivity contribution in [2.45, 2.75) is 26.1 Å². The Morgan fingerprint density at radius 3 is 2.69 bits per heavy atom. The van der Waals surface area contributed by atoms with Gasteiger partial charge in [0, 0.05) is 21.2 Å². The molecule has 0 spiro atoms. The Kier molecular flexibility index (Phi) is 6.00. The van der Waals surface area contributed by atoms with E-state index < -0.39 is 10.8 Å². The number of nitrogens with zero attached hydrogens (tertiary/aromatic N) is 1. The minimum Gasteiger partial charge on any atom is -0.441 e. The Labute approximate surface area is 158 Å². The van der Waals surface area contributed by atoms with E-state index in [1.54, 1.807) is 18.3 Å². The molecule has 0 radical (unpaired) electrons. The molecule has 0 aliphatic carbocycles. The van der Waals surface area contributed by atoms with Crippen molar-refractivity contribution in [1.29, 1.82) is 0 Å². The summed E-state index contributed by atoms with van der Waals surface area (Å²) in [5, 5.41) is 4.74. The fourth-order valence-corrected chi connectivity index (χ4v) is 4.10. The molecule has 5 nitrogen and oxygen atoms in total. The molecule has 136 valence electrons. The highest BCUT2D eigenvalue weighted by molar-refractivity contribution is 7.84. The predicted molar refractivity (Wildman–Crippen MR) is 104 cm³/mol. The second-order valence-corrected chi connectivity index (χ2v) is 8.46. The number of oxazole rings is 1. The zero-order valence-electron chi connectivity index (χ0n) is 14.7. The summed E-state index contributed by atoms with van der Waals surface area (Å²) in [5.41, 5.74) is 2.67. The molecule has 0 saturated carbocycles. The van der Waals surface area contributed by atoms with Gasteiger partial charge >= 0.3 is 0 Å². The monoisotopic (exact) mass is 388 g/mol. The lowest BCUT2D eigenvalue weighted by Crippen LogP contribution is -2.28. The Balaban J connectivity index is 1.57. The Morgan fingerprint density at radius 1 is 1.23 bits per heavy atom. The van der Waals surface area contributed by atoms with Gasteiger partial charge in [-0.3, -0.25) is 9.00 Å². The third-order valence-electron chi connectivity index (χ3n) is 3.82. The van der Waals surface area contributed by atoms with E-state index in [0.29, 0.717) is 23.9 Å². The third-order valence-corrected chi connectivity index (χ3v) is 5.88. The van der Waals surface area contributed by atoms with E-state index in [1.165, 1.54) is 0 Å². The molecule has 0 bridgehead atoms. The maximum Gasteiger partial charge on any atom is 0.232 e. The second kappa shape index (κ2) is 8.42. The number of aryl methyl sites for hydroxylation is 2. The number of carbonyl (C=O) groups excluding carboxylic acids is 1. The van der Waals surface area contributed by atoms with Crippen LogP contribution in [0.5, 0.6) is 0 Å². The van der Waals surface area contributed by atoms with Gasteiger partial charge in [0.25, 0.3) is 0 Å². The lowest BCUT2D eigenvalue weighted by atomic mass is 10.1. The number of hydrogen-bond acceptors (Lipinski definition) is 5. The number of thiophene rings is 1. The van der Waals surface area contributed by atoms with Crippen LogP contribution in [0.15, 0.2) is 46.2 Å². The second-order valence-electron chi connectivity index (χ2n) is 5.97. The van der Waals surface area contributed by atoms with Crippen LogP contribution < -0.4 is 5.32 Å². The van der Waals surface area contributed by atoms with Crippen LogP contribution in [-0.4, -0.2) is 20.9 Å². The maximum absolute atomic E-state index is 12.3.